The molecule has 2 aromatic carbocycles. The molecule has 0 fully saturated rings. The van der Waals surface area contributed by atoms with Gasteiger partial charge in [-0.15, -0.1) is 0 Å². The van der Waals surface area contributed by atoms with Gasteiger partial charge < -0.3 is 19.9 Å². The van der Waals surface area contributed by atoms with Crippen molar-refractivity contribution in [3.8, 4) is 17.2 Å². The summed E-state index contributed by atoms with van der Waals surface area (Å²) in [7, 11) is -3.85. The van der Waals surface area contributed by atoms with Crippen LogP contribution in [0.4, 0.5) is 18.9 Å². The molecule has 0 spiro atoms. The minimum atomic E-state index is -4.52. The van der Waals surface area contributed by atoms with E-state index in [0.717, 1.165) is 18.2 Å². The number of benzene rings is 2. The van der Waals surface area contributed by atoms with Gasteiger partial charge in [0.1, 0.15) is 11.5 Å². The molecule has 2 aromatic rings. The molecule has 0 aliphatic carbocycles. The summed E-state index contributed by atoms with van der Waals surface area (Å²) in [6.45, 7) is 1.47. The topological polar surface area (TPSA) is 81.8 Å². The zero-order valence-corrected chi connectivity index (χ0v) is 14.5. The molecular weight excluding hydrogens is 382 g/mol. The molecular formula is C15H14ClF3NO4P. The molecule has 0 radical (unpaired) electrons. The van der Waals surface area contributed by atoms with Crippen LogP contribution < -0.4 is 15.0 Å². The largest absolute Gasteiger partial charge is 0.456 e. The fourth-order valence-electron chi connectivity index (χ4n) is 1.76. The lowest BCUT2D eigenvalue weighted by molar-refractivity contribution is -0.137. The van der Waals surface area contributed by atoms with E-state index in [4.69, 9.17) is 26.6 Å². The Morgan fingerprint density at radius 3 is 2.44 bits per heavy atom. The molecule has 2 rings (SSSR count). The summed E-state index contributed by atoms with van der Waals surface area (Å²) in [4.78, 5) is 9.54. The fraction of sp³-hybridized carbons (Fsp3) is 0.200. The molecule has 0 aliphatic rings. The number of halogens is 4. The van der Waals surface area contributed by atoms with Gasteiger partial charge in [-0.25, -0.2) is 4.57 Å². The predicted octanol–water partition coefficient (Wildman–Crippen LogP) is 5.32. The Morgan fingerprint density at radius 2 is 1.88 bits per heavy atom. The fourth-order valence-corrected chi connectivity index (χ4v) is 2.58. The molecule has 0 heterocycles. The molecule has 0 bridgehead atoms. The van der Waals surface area contributed by atoms with Gasteiger partial charge in [-0.05, 0) is 30.3 Å². The third-order valence-corrected chi connectivity index (χ3v) is 4.69. The SMILES string of the molecule is CCP(=O)(O)Oc1cc(Oc2ccc(C(F)(F)F)cc2Cl)ccc1N. The number of hydrogen-bond donors (Lipinski definition) is 2. The average Bonchev–Trinajstić information content (AvgIpc) is 2.51. The summed E-state index contributed by atoms with van der Waals surface area (Å²) < 4.78 is 60.0. The van der Waals surface area contributed by atoms with Crippen LogP contribution in [0, 0.1) is 0 Å². The van der Waals surface area contributed by atoms with Crippen molar-refractivity contribution < 1.29 is 31.9 Å². The number of anilines is 1. The van der Waals surface area contributed by atoms with E-state index in [1.165, 1.54) is 25.1 Å². The zero-order valence-electron chi connectivity index (χ0n) is 12.9. The second-order valence-electron chi connectivity index (χ2n) is 4.99. The highest BCUT2D eigenvalue weighted by atomic mass is 35.5. The minimum absolute atomic E-state index is 0.0203. The maximum absolute atomic E-state index is 12.6. The van der Waals surface area contributed by atoms with Gasteiger partial charge in [0.25, 0.3) is 0 Å². The van der Waals surface area contributed by atoms with Gasteiger partial charge in [0.2, 0.25) is 0 Å². The van der Waals surface area contributed by atoms with Crippen molar-refractivity contribution in [2.24, 2.45) is 0 Å². The summed E-state index contributed by atoms with van der Waals surface area (Å²) in [5, 5.41) is -0.240. The highest BCUT2D eigenvalue weighted by Crippen LogP contribution is 2.45. The molecule has 0 amide bonds. The molecule has 0 aliphatic heterocycles. The highest BCUT2D eigenvalue weighted by molar-refractivity contribution is 7.53. The van der Waals surface area contributed by atoms with Gasteiger partial charge in [-0.2, -0.15) is 13.2 Å². The van der Waals surface area contributed by atoms with Crippen LogP contribution in [0.1, 0.15) is 12.5 Å². The van der Waals surface area contributed by atoms with E-state index < -0.39 is 19.3 Å². The number of nitrogen functional groups attached to an aromatic ring is 1. The van der Waals surface area contributed by atoms with Crippen LogP contribution in [0.3, 0.4) is 0 Å². The lowest BCUT2D eigenvalue weighted by atomic mass is 10.2. The van der Waals surface area contributed by atoms with Gasteiger partial charge in [0.15, 0.2) is 5.75 Å². The quantitative estimate of drug-likeness (QED) is 0.529. The van der Waals surface area contributed by atoms with Crippen molar-refractivity contribution in [1.29, 1.82) is 0 Å². The maximum Gasteiger partial charge on any atom is 0.416 e. The predicted molar refractivity (Wildman–Crippen MR) is 88.4 cm³/mol. The number of alkyl halides is 3. The van der Waals surface area contributed by atoms with Crippen molar-refractivity contribution in [3.63, 3.8) is 0 Å². The van der Waals surface area contributed by atoms with E-state index in [2.05, 4.69) is 0 Å². The Morgan fingerprint density at radius 1 is 1.20 bits per heavy atom. The normalized spacial score (nSPS) is 14.0. The lowest BCUT2D eigenvalue weighted by Gasteiger charge is -2.15. The smallest absolute Gasteiger partial charge is 0.416 e. The van der Waals surface area contributed by atoms with Gasteiger partial charge in [0.05, 0.1) is 22.4 Å². The van der Waals surface area contributed by atoms with Crippen LogP contribution in [0.5, 0.6) is 17.2 Å². The molecule has 0 aromatic heterocycles. The first kappa shape index (κ1) is 19.4. The Hall–Kier alpha value is -1.89. The Kier molecular flexibility index (Phi) is 5.56. The highest BCUT2D eigenvalue weighted by Gasteiger charge is 2.31. The second-order valence-corrected chi connectivity index (χ2v) is 7.49. The second kappa shape index (κ2) is 7.15. The van der Waals surface area contributed by atoms with Crippen molar-refractivity contribution in [2.45, 2.75) is 13.1 Å². The zero-order chi connectivity index (χ0) is 18.8. The summed E-state index contributed by atoms with van der Waals surface area (Å²) in [5.74, 6) is 0.0308. The molecule has 5 nitrogen and oxygen atoms in total. The molecule has 3 N–H and O–H groups in total. The van der Waals surface area contributed by atoms with Gasteiger partial charge in [-0.3, -0.25) is 0 Å². The van der Waals surface area contributed by atoms with Crippen LogP contribution in [-0.4, -0.2) is 11.1 Å². The van der Waals surface area contributed by atoms with E-state index in [0.29, 0.717) is 0 Å². The first-order valence-electron chi connectivity index (χ1n) is 6.97. The van der Waals surface area contributed by atoms with Crippen LogP contribution in [0.25, 0.3) is 0 Å². The van der Waals surface area contributed by atoms with E-state index in [1.807, 2.05) is 0 Å². The number of nitrogens with two attached hydrogens (primary N) is 1. The van der Waals surface area contributed by atoms with Crippen LogP contribution in [0.2, 0.25) is 5.02 Å². The van der Waals surface area contributed by atoms with Gasteiger partial charge in [-0.1, -0.05) is 18.5 Å². The van der Waals surface area contributed by atoms with Crippen molar-refractivity contribution in [3.05, 3.63) is 47.0 Å². The summed E-state index contributed by atoms with van der Waals surface area (Å²) in [6, 6.07) is 6.69. The Balaban J connectivity index is 2.28. The van der Waals surface area contributed by atoms with Crippen LogP contribution >= 0.6 is 19.2 Å². The monoisotopic (exact) mass is 395 g/mol. The van der Waals surface area contributed by atoms with E-state index in [1.54, 1.807) is 0 Å². The molecule has 10 heteroatoms. The molecule has 0 saturated heterocycles. The molecule has 136 valence electrons. The molecule has 1 atom stereocenters. The number of ether oxygens (including phenoxy) is 1. The summed E-state index contributed by atoms with van der Waals surface area (Å²) >= 11 is 5.82. The summed E-state index contributed by atoms with van der Waals surface area (Å²) in [6.07, 6.45) is -4.64. The third-order valence-electron chi connectivity index (χ3n) is 3.11. The van der Waals surface area contributed by atoms with Crippen LogP contribution in [-0.2, 0) is 10.7 Å². The number of rotatable bonds is 5. The first-order chi connectivity index (χ1) is 11.5. The molecule has 25 heavy (non-hydrogen) atoms. The molecule has 1 unspecified atom stereocenters. The Labute approximate surface area is 146 Å². The minimum Gasteiger partial charge on any atom is -0.456 e. The van der Waals surface area contributed by atoms with Gasteiger partial charge >= 0.3 is 13.8 Å². The lowest BCUT2D eigenvalue weighted by Crippen LogP contribution is -2.04. The Bertz CT molecular complexity index is 829. The standard InChI is InChI=1S/C15H14ClF3NO4P/c1-2-25(21,22)24-14-8-10(4-5-12(14)20)23-13-6-3-9(7-11(13)16)15(17,18)19/h3-8H,2,20H2,1H3,(H,21,22). The van der Waals surface area contributed by atoms with Crippen molar-refractivity contribution in [1.82, 2.24) is 0 Å². The van der Waals surface area contributed by atoms with E-state index in [-0.39, 0.29) is 34.1 Å². The van der Waals surface area contributed by atoms with Gasteiger partial charge in [0, 0.05) is 6.07 Å². The molecule has 0 saturated carbocycles. The average molecular weight is 396 g/mol. The summed E-state index contributed by atoms with van der Waals surface area (Å²) in [5.41, 5.74) is 4.88. The van der Waals surface area contributed by atoms with E-state index >= 15 is 0 Å². The number of hydrogen-bond acceptors (Lipinski definition) is 4. The van der Waals surface area contributed by atoms with Crippen LogP contribution in [0.15, 0.2) is 36.4 Å². The van der Waals surface area contributed by atoms with Crippen molar-refractivity contribution in [2.75, 3.05) is 11.9 Å². The maximum atomic E-state index is 12.6. The first-order valence-corrected chi connectivity index (χ1v) is 9.11. The van der Waals surface area contributed by atoms with E-state index in [9.17, 15) is 22.6 Å². The third kappa shape index (κ3) is 5.04. The van der Waals surface area contributed by atoms with Crippen molar-refractivity contribution >= 4 is 24.9 Å².